The van der Waals surface area contributed by atoms with Crippen molar-refractivity contribution in [3.05, 3.63) is 62.6 Å². The Kier molecular flexibility index (Phi) is 3.47. The summed E-state index contributed by atoms with van der Waals surface area (Å²) in [4.78, 5) is 12.1. The molecule has 20 heavy (non-hydrogen) atoms. The fraction of sp³-hybridized carbons (Fsp3) is 0. The van der Waals surface area contributed by atoms with Crippen molar-refractivity contribution < 1.29 is 4.79 Å². The molecule has 2 aromatic carbocycles. The van der Waals surface area contributed by atoms with Crippen molar-refractivity contribution in [1.29, 1.82) is 0 Å². The van der Waals surface area contributed by atoms with Crippen molar-refractivity contribution in [1.82, 2.24) is 0 Å². The normalized spacial score (nSPS) is 15.3. The van der Waals surface area contributed by atoms with Crippen molar-refractivity contribution in [3.8, 4) is 0 Å². The van der Waals surface area contributed by atoms with E-state index in [1.54, 1.807) is 42.5 Å². The molecule has 2 nitrogen and oxygen atoms in total. The summed E-state index contributed by atoms with van der Waals surface area (Å²) in [5.41, 5.74) is 2.63. The molecule has 1 N–H and O–H groups in total. The second kappa shape index (κ2) is 5.13. The summed E-state index contributed by atoms with van der Waals surface area (Å²) in [6.07, 6.45) is 1.69. The quantitative estimate of drug-likeness (QED) is 0.723. The zero-order valence-electron chi connectivity index (χ0n) is 10.1. The Bertz CT molecular complexity index is 733. The van der Waals surface area contributed by atoms with Gasteiger partial charge in [-0.15, -0.1) is 0 Å². The van der Waals surface area contributed by atoms with Crippen LogP contribution < -0.4 is 5.32 Å². The molecule has 1 heterocycles. The maximum absolute atomic E-state index is 12.1. The van der Waals surface area contributed by atoms with Crippen molar-refractivity contribution in [3.63, 3.8) is 0 Å². The molecule has 0 atom stereocenters. The molecule has 0 saturated heterocycles. The summed E-state index contributed by atoms with van der Waals surface area (Å²) in [7, 11) is 0. The van der Waals surface area contributed by atoms with Crippen molar-refractivity contribution >= 4 is 58.0 Å². The van der Waals surface area contributed by atoms with Crippen LogP contribution in [-0.2, 0) is 4.79 Å². The Morgan fingerprint density at radius 2 is 1.70 bits per heavy atom. The molecular formula is C15H8Cl3NO. The number of hydrogen-bond acceptors (Lipinski definition) is 1. The summed E-state index contributed by atoms with van der Waals surface area (Å²) in [5.74, 6) is -0.196. The van der Waals surface area contributed by atoms with Gasteiger partial charge in [-0.3, -0.25) is 4.79 Å². The molecule has 0 saturated carbocycles. The van der Waals surface area contributed by atoms with Gasteiger partial charge in [-0.2, -0.15) is 0 Å². The number of hydrogen-bond donors (Lipinski definition) is 1. The van der Waals surface area contributed by atoms with Crippen LogP contribution in [0.3, 0.4) is 0 Å². The number of halogens is 3. The maximum Gasteiger partial charge on any atom is 0.256 e. The molecule has 1 aliphatic rings. The van der Waals surface area contributed by atoms with Crippen LogP contribution in [0.5, 0.6) is 0 Å². The number of anilines is 1. The summed E-state index contributed by atoms with van der Waals surface area (Å²) in [6.45, 7) is 0. The van der Waals surface area contributed by atoms with Gasteiger partial charge >= 0.3 is 0 Å². The van der Waals surface area contributed by atoms with Gasteiger partial charge in [-0.1, -0.05) is 46.9 Å². The highest BCUT2D eigenvalue weighted by atomic mass is 35.5. The van der Waals surface area contributed by atoms with E-state index in [0.29, 0.717) is 31.9 Å². The minimum Gasteiger partial charge on any atom is -0.321 e. The number of fused-ring (bicyclic) bond motifs is 1. The zero-order valence-corrected chi connectivity index (χ0v) is 12.4. The second-order valence-corrected chi connectivity index (χ2v) is 5.59. The topological polar surface area (TPSA) is 29.1 Å². The third-order valence-corrected chi connectivity index (χ3v) is 3.95. The Balaban J connectivity index is 2.16. The number of carbonyl (C=O) groups is 1. The predicted molar refractivity (Wildman–Crippen MR) is 84.4 cm³/mol. The van der Waals surface area contributed by atoms with E-state index >= 15 is 0 Å². The summed E-state index contributed by atoms with van der Waals surface area (Å²) in [5, 5.41) is 4.34. The standard InChI is InChI=1S/C15H8Cl3NO/c16-8-4-5-9-10(15(20)19-14(9)6-8)7-11-12(17)2-1-3-13(11)18/h1-7H,(H,19,20)/b10-7-. The molecule has 2 aromatic rings. The van der Waals surface area contributed by atoms with Crippen LogP contribution in [0.1, 0.15) is 11.1 Å². The fourth-order valence-electron chi connectivity index (χ4n) is 2.10. The third-order valence-electron chi connectivity index (χ3n) is 3.05. The van der Waals surface area contributed by atoms with Crippen LogP contribution in [-0.4, -0.2) is 5.91 Å². The number of nitrogens with one attached hydrogen (secondary N) is 1. The van der Waals surface area contributed by atoms with Gasteiger partial charge in [0.15, 0.2) is 0 Å². The lowest BCUT2D eigenvalue weighted by Crippen LogP contribution is -2.03. The average Bonchev–Trinajstić information content (AvgIpc) is 2.69. The Labute approximate surface area is 131 Å². The molecule has 0 unspecified atom stereocenters. The van der Waals surface area contributed by atoms with Crippen LogP contribution in [0.4, 0.5) is 5.69 Å². The van der Waals surface area contributed by atoms with Crippen molar-refractivity contribution in [2.24, 2.45) is 0 Å². The highest BCUT2D eigenvalue weighted by Crippen LogP contribution is 2.37. The molecule has 0 aliphatic carbocycles. The lowest BCUT2D eigenvalue weighted by Gasteiger charge is -2.03. The van der Waals surface area contributed by atoms with E-state index in [2.05, 4.69) is 5.32 Å². The SMILES string of the molecule is O=C1Nc2cc(Cl)ccc2/C1=C/c1c(Cl)cccc1Cl. The fourth-order valence-corrected chi connectivity index (χ4v) is 2.78. The first-order valence-corrected chi connectivity index (χ1v) is 6.96. The van der Waals surface area contributed by atoms with Crippen LogP contribution in [0.25, 0.3) is 11.6 Å². The van der Waals surface area contributed by atoms with Crippen molar-refractivity contribution in [2.75, 3.05) is 5.32 Å². The molecule has 3 rings (SSSR count). The Morgan fingerprint density at radius 3 is 2.40 bits per heavy atom. The number of amides is 1. The molecule has 0 aromatic heterocycles. The van der Waals surface area contributed by atoms with Gasteiger partial charge in [-0.05, 0) is 30.3 Å². The van der Waals surface area contributed by atoms with Crippen LogP contribution >= 0.6 is 34.8 Å². The Morgan fingerprint density at radius 1 is 1.00 bits per heavy atom. The highest BCUT2D eigenvalue weighted by Gasteiger charge is 2.24. The van der Waals surface area contributed by atoms with Gasteiger partial charge in [0.1, 0.15) is 0 Å². The molecule has 100 valence electrons. The minimum atomic E-state index is -0.196. The Hall–Kier alpha value is -1.48. The van der Waals surface area contributed by atoms with E-state index in [1.807, 2.05) is 0 Å². The first-order chi connectivity index (χ1) is 9.56. The smallest absolute Gasteiger partial charge is 0.256 e. The maximum atomic E-state index is 12.1. The second-order valence-electron chi connectivity index (χ2n) is 4.34. The minimum absolute atomic E-state index is 0.196. The lowest BCUT2D eigenvalue weighted by molar-refractivity contribution is -0.110. The molecule has 1 amide bonds. The summed E-state index contributed by atoms with van der Waals surface area (Å²) < 4.78 is 0. The predicted octanol–water partition coefficient (Wildman–Crippen LogP) is 5.14. The lowest BCUT2D eigenvalue weighted by atomic mass is 10.0. The summed E-state index contributed by atoms with van der Waals surface area (Å²) >= 11 is 18.2. The van der Waals surface area contributed by atoms with Crippen LogP contribution in [0.2, 0.25) is 15.1 Å². The summed E-state index contributed by atoms with van der Waals surface area (Å²) in [6, 6.07) is 10.5. The largest absolute Gasteiger partial charge is 0.321 e. The van der Waals surface area contributed by atoms with Crippen molar-refractivity contribution in [2.45, 2.75) is 0 Å². The first kappa shape index (κ1) is 13.5. The van der Waals surface area contributed by atoms with E-state index in [1.165, 1.54) is 0 Å². The number of rotatable bonds is 1. The van der Waals surface area contributed by atoms with E-state index in [-0.39, 0.29) is 5.91 Å². The molecular weight excluding hydrogens is 317 g/mol. The van der Waals surface area contributed by atoms with E-state index in [0.717, 1.165) is 5.56 Å². The van der Waals surface area contributed by atoms with E-state index < -0.39 is 0 Å². The van der Waals surface area contributed by atoms with Gasteiger partial charge < -0.3 is 5.32 Å². The molecule has 0 radical (unpaired) electrons. The van der Waals surface area contributed by atoms with E-state index in [9.17, 15) is 4.79 Å². The highest BCUT2D eigenvalue weighted by molar-refractivity contribution is 6.40. The van der Waals surface area contributed by atoms with E-state index in [4.69, 9.17) is 34.8 Å². The molecule has 0 fully saturated rings. The van der Waals surface area contributed by atoms with Crippen LogP contribution in [0, 0.1) is 0 Å². The average molecular weight is 325 g/mol. The van der Waals surface area contributed by atoms with Gasteiger partial charge in [-0.25, -0.2) is 0 Å². The van der Waals surface area contributed by atoms with Gasteiger partial charge in [0.25, 0.3) is 5.91 Å². The van der Waals surface area contributed by atoms with Gasteiger partial charge in [0, 0.05) is 31.8 Å². The van der Waals surface area contributed by atoms with Gasteiger partial charge in [0.05, 0.1) is 5.69 Å². The molecule has 1 aliphatic heterocycles. The van der Waals surface area contributed by atoms with Gasteiger partial charge in [0.2, 0.25) is 0 Å². The first-order valence-electron chi connectivity index (χ1n) is 5.83. The zero-order chi connectivity index (χ0) is 14.3. The molecule has 0 spiro atoms. The molecule has 0 bridgehead atoms. The third kappa shape index (κ3) is 2.31. The number of benzene rings is 2. The molecule has 5 heteroatoms. The monoisotopic (exact) mass is 323 g/mol. The number of carbonyl (C=O) groups excluding carboxylic acids is 1. The van der Waals surface area contributed by atoms with Crippen LogP contribution in [0.15, 0.2) is 36.4 Å².